The highest BCUT2D eigenvalue weighted by Crippen LogP contribution is 2.27. The van der Waals surface area contributed by atoms with Crippen LogP contribution in [0.15, 0.2) is 39.7 Å². The van der Waals surface area contributed by atoms with Gasteiger partial charge in [-0.15, -0.1) is 0 Å². The van der Waals surface area contributed by atoms with E-state index in [-0.39, 0.29) is 5.76 Å². The number of hydrogen-bond donors (Lipinski definition) is 0. The minimum absolute atomic E-state index is 0.192. The van der Waals surface area contributed by atoms with Crippen molar-refractivity contribution in [3.05, 3.63) is 51.0 Å². The molecule has 1 aromatic carbocycles. The maximum absolute atomic E-state index is 12.4. The van der Waals surface area contributed by atoms with Crippen LogP contribution in [0.25, 0.3) is 10.2 Å². The Morgan fingerprint density at radius 3 is 2.85 bits per heavy atom. The molecule has 0 N–H and O–H groups in total. The van der Waals surface area contributed by atoms with E-state index in [0.29, 0.717) is 30.3 Å². The van der Waals surface area contributed by atoms with Crippen LogP contribution in [0.4, 0.5) is 5.88 Å². The zero-order valence-electron chi connectivity index (χ0n) is 14.7. The molecule has 0 aliphatic rings. The average molecular weight is 391 g/mol. The molecule has 0 saturated heterocycles. The molecule has 27 heavy (non-hydrogen) atoms. The van der Waals surface area contributed by atoms with Crippen LogP contribution in [0.1, 0.15) is 17.5 Å². The Balaban J connectivity index is 2.08. The van der Waals surface area contributed by atoms with Crippen molar-refractivity contribution < 1.29 is 23.6 Å². The summed E-state index contributed by atoms with van der Waals surface area (Å²) in [5.74, 6) is -0.736. The Morgan fingerprint density at radius 1 is 1.37 bits per heavy atom. The summed E-state index contributed by atoms with van der Waals surface area (Å²) >= 11 is 1.31. The lowest BCUT2D eigenvalue weighted by Crippen LogP contribution is -2.20. The van der Waals surface area contributed by atoms with Gasteiger partial charge in [-0.1, -0.05) is 17.4 Å². The van der Waals surface area contributed by atoms with Crippen LogP contribution in [-0.4, -0.2) is 35.7 Å². The molecule has 2 aromatic heterocycles. The van der Waals surface area contributed by atoms with Crippen LogP contribution >= 0.6 is 11.3 Å². The molecule has 2 heterocycles. The van der Waals surface area contributed by atoms with Crippen molar-refractivity contribution in [1.29, 1.82) is 0 Å². The summed E-state index contributed by atoms with van der Waals surface area (Å²) in [6, 6.07) is 7.95. The molecule has 3 aromatic rings. The van der Waals surface area contributed by atoms with Gasteiger partial charge in [0.2, 0.25) is 5.76 Å². The summed E-state index contributed by atoms with van der Waals surface area (Å²) in [6.07, 6.45) is 0. The molecule has 0 atom stereocenters. The van der Waals surface area contributed by atoms with E-state index in [4.69, 9.17) is 13.9 Å². The Kier molecular flexibility index (Phi) is 5.67. The van der Waals surface area contributed by atoms with Crippen molar-refractivity contribution >= 4 is 33.3 Å². The molecule has 3 rings (SSSR count). The number of hydrogen-bond acceptors (Lipinski definition) is 7. The van der Waals surface area contributed by atoms with Crippen molar-refractivity contribution in [2.75, 3.05) is 20.3 Å². The fourth-order valence-corrected chi connectivity index (χ4v) is 3.61. The van der Waals surface area contributed by atoms with Crippen molar-refractivity contribution in [3.8, 4) is 5.75 Å². The first kappa shape index (κ1) is 18.8. The molecule has 10 heteroatoms. The third kappa shape index (κ3) is 3.91. The number of thiazole rings is 1. The predicted molar refractivity (Wildman–Crippen MR) is 98.1 cm³/mol. The Hall–Kier alpha value is -2.98. The number of carbonyl (C=O) groups is 1. The fourth-order valence-electron chi connectivity index (χ4n) is 2.54. The summed E-state index contributed by atoms with van der Waals surface area (Å²) in [5, 5.41) is 10.7. The standard InChI is InChI=1S/C17H17N3O6S/c1-3-25-10-9-19-15-11(24-2)5-4-6-13(15)27-17(19)18-16(21)12-7-8-14(26-12)20(22)23/h4-8H,3,9-10H2,1-2H3. The van der Waals surface area contributed by atoms with E-state index in [1.54, 1.807) is 7.11 Å². The average Bonchev–Trinajstić information content (AvgIpc) is 3.27. The summed E-state index contributed by atoms with van der Waals surface area (Å²) in [6.45, 7) is 3.38. The molecular formula is C17H17N3O6S. The van der Waals surface area contributed by atoms with Gasteiger partial charge in [0.15, 0.2) is 4.80 Å². The smallest absolute Gasteiger partial charge is 0.433 e. The highest BCUT2D eigenvalue weighted by atomic mass is 32.1. The summed E-state index contributed by atoms with van der Waals surface area (Å²) in [7, 11) is 1.57. The van der Waals surface area contributed by atoms with E-state index in [0.717, 1.165) is 16.3 Å². The van der Waals surface area contributed by atoms with Crippen molar-refractivity contribution in [1.82, 2.24) is 4.57 Å². The highest BCUT2D eigenvalue weighted by Gasteiger charge is 2.18. The zero-order valence-corrected chi connectivity index (χ0v) is 15.5. The predicted octanol–water partition coefficient (Wildman–Crippen LogP) is 2.99. The quantitative estimate of drug-likeness (QED) is 0.348. The van der Waals surface area contributed by atoms with Crippen LogP contribution in [0.3, 0.4) is 0 Å². The topological polar surface area (TPSA) is 109 Å². The van der Waals surface area contributed by atoms with Crippen LogP contribution in [0.2, 0.25) is 0 Å². The number of rotatable bonds is 7. The first-order valence-electron chi connectivity index (χ1n) is 8.12. The minimum Gasteiger partial charge on any atom is -0.495 e. The number of benzene rings is 1. The summed E-state index contributed by atoms with van der Waals surface area (Å²) in [5.41, 5.74) is 0.807. The molecular weight excluding hydrogens is 374 g/mol. The van der Waals surface area contributed by atoms with Gasteiger partial charge in [-0.2, -0.15) is 4.99 Å². The number of amides is 1. The maximum Gasteiger partial charge on any atom is 0.433 e. The van der Waals surface area contributed by atoms with Crippen LogP contribution in [0, 0.1) is 10.1 Å². The number of fused-ring (bicyclic) bond motifs is 1. The second-order valence-electron chi connectivity index (χ2n) is 5.35. The number of nitro groups is 1. The summed E-state index contributed by atoms with van der Waals surface area (Å²) in [4.78, 5) is 27.0. The lowest BCUT2D eigenvalue weighted by Gasteiger charge is -2.08. The maximum atomic E-state index is 12.4. The van der Waals surface area contributed by atoms with Crippen molar-refractivity contribution in [2.45, 2.75) is 13.5 Å². The lowest BCUT2D eigenvalue weighted by atomic mass is 10.3. The number of aromatic nitrogens is 1. The number of methoxy groups -OCH3 is 1. The highest BCUT2D eigenvalue weighted by molar-refractivity contribution is 7.16. The van der Waals surface area contributed by atoms with Gasteiger partial charge >= 0.3 is 11.8 Å². The number of carbonyl (C=O) groups excluding carboxylic acids is 1. The van der Waals surface area contributed by atoms with E-state index in [1.165, 1.54) is 17.4 Å². The van der Waals surface area contributed by atoms with E-state index in [2.05, 4.69) is 4.99 Å². The molecule has 0 aliphatic carbocycles. The van der Waals surface area contributed by atoms with Gasteiger partial charge in [-0.25, -0.2) is 0 Å². The van der Waals surface area contributed by atoms with E-state index in [9.17, 15) is 14.9 Å². The van der Waals surface area contributed by atoms with Crippen LogP contribution < -0.4 is 9.54 Å². The molecule has 0 saturated carbocycles. The largest absolute Gasteiger partial charge is 0.495 e. The van der Waals surface area contributed by atoms with Gasteiger partial charge in [0.05, 0.1) is 24.5 Å². The van der Waals surface area contributed by atoms with E-state index < -0.39 is 16.7 Å². The van der Waals surface area contributed by atoms with Gasteiger partial charge in [-0.3, -0.25) is 14.9 Å². The monoisotopic (exact) mass is 391 g/mol. The van der Waals surface area contributed by atoms with E-state index in [1.807, 2.05) is 29.7 Å². The number of para-hydroxylation sites is 1. The molecule has 0 fully saturated rings. The zero-order chi connectivity index (χ0) is 19.4. The van der Waals surface area contributed by atoms with Crippen molar-refractivity contribution in [3.63, 3.8) is 0 Å². The molecule has 142 valence electrons. The minimum atomic E-state index is -0.705. The molecule has 0 spiro atoms. The second-order valence-corrected chi connectivity index (χ2v) is 6.36. The molecule has 9 nitrogen and oxygen atoms in total. The number of ether oxygens (including phenoxy) is 2. The van der Waals surface area contributed by atoms with Crippen LogP contribution in [-0.2, 0) is 11.3 Å². The Morgan fingerprint density at radius 2 is 2.19 bits per heavy atom. The van der Waals surface area contributed by atoms with Crippen molar-refractivity contribution in [2.24, 2.45) is 4.99 Å². The fraction of sp³-hybridized carbons (Fsp3) is 0.294. The first-order valence-corrected chi connectivity index (χ1v) is 8.94. The van der Waals surface area contributed by atoms with Crippen LogP contribution in [0.5, 0.6) is 5.75 Å². The van der Waals surface area contributed by atoms with Gasteiger partial charge in [0.1, 0.15) is 16.2 Å². The Bertz CT molecular complexity index is 1050. The molecule has 0 bridgehead atoms. The van der Waals surface area contributed by atoms with Gasteiger partial charge in [0.25, 0.3) is 0 Å². The van der Waals surface area contributed by atoms with Gasteiger partial charge in [0, 0.05) is 13.2 Å². The second kappa shape index (κ2) is 8.14. The lowest BCUT2D eigenvalue weighted by molar-refractivity contribution is -0.402. The molecule has 0 aliphatic heterocycles. The molecule has 1 amide bonds. The van der Waals surface area contributed by atoms with E-state index >= 15 is 0 Å². The number of furan rings is 1. The first-order chi connectivity index (χ1) is 13.0. The third-order valence-corrected chi connectivity index (χ3v) is 4.77. The normalized spacial score (nSPS) is 11.9. The number of nitrogens with zero attached hydrogens (tertiary/aromatic N) is 3. The third-order valence-electron chi connectivity index (χ3n) is 3.73. The molecule has 0 radical (unpaired) electrons. The summed E-state index contributed by atoms with van der Waals surface area (Å²) < 4.78 is 18.5. The Labute approximate surface area is 157 Å². The van der Waals surface area contributed by atoms with Gasteiger partial charge in [-0.05, 0) is 25.1 Å². The molecule has 0 unspecified atom stereocenters. The van der Waals surface area contributed by atoms with Gasteiger partial charge < -0.3 is 18.5 Å². The SMILES string of the molecule is CCOCCn1c(=NC(=O)c2ccc([N+](=O)[O-])o2)sc2cccc(OC)c21.